The Morgan fingerprint density at radius 1 is 1.12 bits per heavy atom. The van der Waals surface area contributed by atoms with Crippen LogP contribution in [0.15, 0.2) is 48.7 Å². The van der Waals surface area contributed by atoms with Crippen LogP contribution in [0.5, 0.6) is 0 Å². The van der Waals surface area contributed by atoms with Gasteiger partial charge in [0.1, 0.15) is 6.04 Å². The molecule has 3 rings (SSSR count). The summed E-state index contributed by atoms with van der Waals surface area (Å²) in [6.07, 6.45) is 2.20. The molecular weight excluding hydrogens is 328 g/mol. The number of amides is 1. The van der Waals surface area contributed by atoms with Gasteiger partial charge in [0, 0.05) is 23.5 Å². The minimum Gasteiger partial charge on any atom is -0.480 e. The van der Waals surface area contributed by atoms with Crippen molar-refractivity contribution in [3.8, 4) is 0 Å². The number of hydrogen-bond donors (Lipinski definition) is 3. The number of aromatic nitrogens is 1. The molecule has 0 bridgehead atoms. The summed E-state index contributed by atoms with van der Waals surface area (Å²) in [6, 6.07) is 12.7. The van der Waals surface area contributed by atoms with Gasteiger partial charge in [-0.05, 0) is 31.0 Å². The van der Waals surface area contributed by atoms with Gasteiger partial charge in [-0.15, -0.1) is 0 Å². The van der Waals surface area contributed by atoms with Gasteiger partial charge in [-0.1, -0.05) is 47.5 Å². The van der Waals surface area contributed by atoms with Gasteiger partial charge in [-0.2, -0.15) is 0 Å². The molecule has 26 heavy (non-hydrogen) atoms. The van der Waals surface area contributed by atoms with Crippen molar-refractivity contribution in [2.24, 2.45) is 0 Å². The highest BCUT2D eigenvalue weighted by molar-refractivity contribution is 5.87. The molecule has 5 heteroatoms. The molecule has 0 aliphatic heterocycles. The molecule has 0 saturated carbocycles. The minimum absolute atomic E-state index is 0.167. The quantitative estimate of drug-likeness (QED) is 0.639. The Morgan fingerprint density at radius 2 is 1.81 bits per heavy atom. The third-order valence-electron chi connectivity index (χ3n) is 4.38. The number of aliphatic carboxylic acids is 1. The summed E-state index contributed by atoms with van der Waals surface area (Å²) in [6.45, 7) is 3.96. The molecule has 1 amide bonds. The molecule has 134 valence electrons. The van der Waals surface area contributed by atoms with Crippen LogP contribution >= 0.6 is 0 Å². The van der Waals surface area contributed by atoms with Crippen molar-refractivity contribution in [1.82, 2.24) is 10.3 Å². The lowest BCUT2D eigenvalue weighted by molar-refractivity contribution is -0.141. The largest absolute Gasteiger partial charge is 0.480 e. The topological polar surface area (TPSA) is 82.2 Å². The second kappa shape index (κ2) is 7.44. The van der Waals surface area contributed by atoms with Crippen LogP contribution in [0.3, 0.4) is 0 Å². The first kappa shape index (κ1) is 17.7. The standard InChI is InChI=1S/C21H22N2O3/c1-13-7-14(2)9-15(8-13)10-20(24)23-19(21(25)26)11-16-12-22-18-6-4-3-5-17(16)18/h3-9,12,19,22H,10-11H2,1-2H3,(H,23,24)(H,25,26)/t19-/m0/s1. The fourth-order valence-corrected chi connectivity index (χ4v) is 3.32. The first-order valence-electron chi connectivity index (χ1n) is 8.56. The number of aryl methyl sites for hydroxylation is 2. The van der Waals surface area contributed by atoms with Crippen LogP contribution in [-0.4, -0.2) is 28.0 Å². The molecule has 1 heterocycles. The Kier molecular flexibility index (Phi) is 5.07. The zero-order valence-corrected chi connectivity index (χ0v) is 14.9. The fourth-order valence-electron chi connectivity index (χ4n) is 3.32. The zero-order valence-electron chi connectivity index (χ0n) is 14.9. The Labute approximate surface area is 152 Å². The van der Waals surface area contributed by atoms with Crippen molar-refractivity contribution < 1.29 is 14.7 Å². The average molecular weight is 350 g/mol. The number of nitrogens with one attached hydrogen (secondary N) is 2. The maximum absolute atomic E-state index is 12.4. The van der Waals surface area contributed by atoms with Gasteiger partial charge in [-0.3, -0.25) is 4.79 Å². The second-order valence-electron chi connectivity index (χ2n) is 6.69. The smallest absolute Gasteiger partial charge is 0.326 e. The molecule has 0 aliphatic carbocycles. The molecule has 5 nitrogen and oxygen atoms in total. The summed E-state index contributed by atoms with van der Waals surface area (Å²) in [7, 11) is 0. The number of aromatic amines is 1. The molecule has 3 aromatic rings. The van der Waals surface area contributed by atoms with E-state index in [1.807, 2.05) is 56.3 Å². The SMILES string of the molecule is Cc1cc(C)cc(CC(=O)N[C@@H](Cc2c[nH]c3ccccc23)C(=O)O)c1. The van der Waals surface area contributed by atoms with E-state index in [-0.39, 0.29) is 18.7 Å². The van der Waals surface area contributed by atoms with Crippen molar-refractivity contribution in [2.45, 2.75) is 32.7 Å². The Bertz CT molecular complexity index is 939. The Hall–Kier alpha value is -3.08. The maximum Gasteiger partial charge on any atom is 0.326 e. The van der Waals surface area contributed by atoms with E-state index in [0.29, 0.717) is 0 Å². The van der Waals surface area contributed by atoms with Crippen LogP contribution in [0.2, 0.25) is 0 Å². The molecule has 0 saturated heterocycles. The molecule has 1 aromatic heterocycles. The monoisotopic (exact) mass is 350 g/mol. The summed E-state index contributed by atoms with van der Waals surface area (Å²) in [5.41, 5.74) is 4.88. The summed E-state index contributed by atoms with van der Waals surface area (Å²) in [4.78, 5) is 27.1. The van der Waals surface area contributed by atoms with E-state index in [1.54, 1.807) is 6.20 Å². The number of benzene rings is 2. The number of carbonyl (C=O) groups is 2. The normalized spacial score (nSPS) is 12.1. The molecule has 1 atom stereocenters. The summed E-state index contributed by atoms with van der Waals surface area (Å²) < 4.78 is 0. The number of carbonyl (C=O) groups excluding carboxylic acids is 1. The lowest BCUT2D eigenvalue weighted by atomic mass is 10.0. The zero-order chi connectivity index (χ0) is 18.7. The lowest BCUT2D eigenvalue weighted by Crippen LogP contribution is -2.43. The van der Waals surface area contributed by atoms with Crippen molar-refractivity contribution in [1.29, 1.82) is 0 Å². The highest BCUT2D eigenvalue weighted by Crippen LogP contribution is 2.19. The summed E-state index contributed by atoms with van der Waals surface area (Å²) in [5, 5.41) is 13.2. The predicted octanol–water partition coefficient (Wildman–Crippen LogP) is 3.14. The molecule has 0 spiro atoms. The van der Waals surface area contributed by atoms with Crippen LogP contribution < -0.4 is 5.32 Å². The number of carboxylic acids is 1. The van der Waals surface area contributed by atoms with Crippen molar-refractivity contribution >= 4 is 22.8 Å². The van der Waals surface area contributed by atoms with Crippen LogP contribution in [0.1, 0.15) is 22.3 Å². The molecule has 0 unspecified atom stereocenters. The molecule has 3 N–H and O–H groups in total. The van der Waals surface area contributed by atoms with E-state index in [1.165, 1.54) is 0 Å². The third kappa shape index (κ3) is 4.11. The maximum atomic E-state index is 12.4. The van der Waals surface area contributed by atoms with Crippen LogP contribution in [0.25, 0.3) is 10.9 Å². The highest BCUT2D eigenvalue weighted by Gasteiger charge is 2.22. The van der Waals surface area contributed by atoms with Gasteiger partial charge in [0.2, 0.25) is 5.91 Å². The number of H-pyrrole nitrogens is 1. The van der Waals surface area contributed by atoms with E-state index < -0.39 is 12.0 Å². The first-order chi connectivity index (χ1) is 12.4. The molecule has 0 fully saturated rings. The van der Waals surface area contributed by atoms with Crippen LogP contribution in [0.4, 0.5) is 0 Å². The van der Waals surface area contributed by atoms with Gasteiger partial charge in [-0.25, -0.2) is 4.79 Å². The van der Waals surface area contributed by atoms with Crippen molar-refractivity contribution in [3.05, 3.63) is 70.9 Å². The van der Waals surface area contributed by atoms with Gasteiger partial charge in [0.25, 0.3) is 0 Å². The number of fused-ring (bicyclic) bond motifs is 1. The van der Waals surface area contributed by atoms with Crippen molar-refractivity contribution in [3.63, 3.8) is 0 Å². The van der Waals surface area contributed by atoms with Gasteiger partial charge >= 0.3 is 5.97 Å². The average Bonchev–Trinajstić information content (AvgIpc) is 2.96. The fraction of sp³-hybridized carbons (Fsp3) is 0.238. The third-order valence-corrected chi connectivity index (χ3v) is 4.38. The predicted molar refractivity (Wildman–Crippen MR) is 101 cm³/mol. The summed E-state index contributed by atoms with van der Waals surface area (Å²) >= 11 is 0. The highest BCUT2D eigenvalue weighted by atomic mass is 16.4. The van der Waals surface area contributed by atoms with E-state index in [9.17, 15) is 14.7 Å². The van der Waals surface area contributed by atoms with Crippen LogP contribution in [-0.2, 0) is 22.4 Å². The number of rotatable bonds is 6. The van der Waals surface area contributed by atoms with E-state index in [4.69, 9.17) is 0 Å². The number of para-hydroxylation sites is 1. The lowest BCUT2D eigenvalue weighted by Gasteiger charge is -2.14. The van der Waals surface area contributed by atoms with E-state index in [2.05, 4.69) is 10.3 Å². The molecule has 0 aliphatic rings. The van der Waals surface area contributed by atoms with Gasteiger partial charge < -0.3 is 15.4 Å². The van der Waals surface area contributed by atoms with Crippen LogP contribution in [0, 0.1) is 13.8 Å². The van der Waals surface area contributed by atoms with Gasteiger partial charge in [0.15, 0.2) is 0 Å². The van der Waals surface area contributed by atoms with Crippen molar-refractivity contribution in [2.75, 3.05) is 0 Å². The number of hydrogen-bond acceptors (Lipinski definition) is 2. The van der Waals surface area contributed by atoms with Gasteiger partial charge in [0.05, 0.1) is 6.42 Å². The minimum atomic E-state index is -1.04. The summed E-state index contributed by atoms with van der Waals surface area (Å²) in [5.74, 6) is -1.33. The van der Waals surface area contributed by atoms with E-state index >= 15 is 0 Å². The molecule has 0 radical (unpaired) electrons. The number of carboxylic acid groups (broad SMARTS) is 1. The Balaban J connectivity index is 1.72. The molecule has 2 aromatic carbocycles. The molecular formula is C21H22N2O3. The van der Waals surface area contributed by atoms with E-state index in [0.717, 1.165) is 33.2 Å². The second-order valence-corrected chi connectivity index (χ2v) is 6.69. The first-order valence-corrected chi connectivity index (χ1v) is 8.56. The Morgan fingerprint density at radius 3 is 2.50 bits per heavy atom.